The van der Waals surface area contributed by atoms with Crippen LogP contribution in [0.25, 0.3) is 0 Å². The highest BCUT2D eigenvalue weighted by Gasteiger charge is 2.18. The lowest BCUT2D eigenvalue weighted by molar-refractivity contribution is 0.149. The van der Waals surface area contributed by atoms with Crippen molar-refractivity contribution in [2.75, 3.05) is 6.54 Å². The van der Waals surface area contributed by atoms with Gasteiger partial charge in [-0.25, -0.2) is 0 Å². The predicted octanol–water partition coefficient (Wildman–Crippen LogP) is 2.05. The zero-order valence-electron chi connectivity index (χ0n) is 8.07. The molecule has 1 fully saturated rings. The SMILES string of the molecule is CC1CCCCN1Cc1ccon1. The van der Waals surface area contributed by atoms with Crippen LogP contribution in [0.5, 0.6) is 0 Å². The van der Waals surface area contributed by atoms with Gasteiger partial charge < -0.3 is 4.52 Å². The molecular weight excluding hydrogens is 164 g/mol. The van der Waals surface area contributed by atoms with Gasteiger partial charge in [0.2, 0.25) is 0 Å². The summed E-state index contributed by atoms with van der Waals surface area (Å²) in [5, 5.41) is 3.93. The Balaban J connectivity index is 1.93. The molecule has 72 valence electrons. The number of hydrogen-bond acceptors (Lipinski definition) is 3. The second-order valence-corrected chi connectivity index (χ2v) is 3.81. The van der Waals surface area contributed by atoms with Gasteiger partial charge in [-0.05, 0) is 26.3 Å². The van der Waals surface area contributed by atoms with E-state index in [9.17, 15) is 0 Å². The van der Waals surface area contributed by atoms with Gasteiger partial charge in [0.1, 0.15) is 6.26 Å². The minimum atomic E-state index is 0.699. The smallest absolute Gasteiger partial charge is 0.124 e. The van der Waals surface area contributed by atoms with Gasteiger partial charge >= 0.3 is 0 Å². The monoisotopic (exact) mass is 180 g/mol. The summed E-state index contributed by atoms with van der Waals surface area (Å²) < 4.78 is 4.81. The molecular formula is C10H16N2O. The Morgan fingerprint density at radius 2 is 2.54 bits per heavy atom. The molecule has 1 atom stereocenters. The van der Waals surface area contributed by atoms with Crippen LogP contribution in [0.1, 0.15) is 31.9 Å². The number of aromatic nitrogens is 1. The third kappa shape index (κ3) is 2.10. The van der Waals surface area contributed by atoms with Crippen LogP contribution < -0.4 is 0 Å². The highest BCUT2D eigenvalue weighted by Crippen LogP contribution is 2.18. The van der Waals surface area contributed by atoms with Gasteiger partial charge in [0.05, 0.1) is 5.69 Å². The van der Waals surface area contributed by atoms with Gasteiger partial charge in [-0.1, -0.05) is 11.6 Å². The van der Waals surface area contributed by atoms with Crippen molar-refractivity contribution in [2.45, 2.75) is 38.8 Å². The minimum Gasteiger partial charge on any atom is -0.364 e. The molecule has 1 aliphatic rings. The molecule has 0 amide bonds. The molecule has 3 heteroatoms. The third-order valence-corrected chi connectivity index (χ3v) is 2.80. The predicted molar refractivity (Wildman–Crippen MR) is 50.2 cm³/mol. The second-order valence-electron chi connectivity index (χ2n) is 3.81. The van der Waals surface area contributed by atoms with E-state index in [2.05, 4.69) is 17.0 Å². The summed E-state index contributed by atoms with van der Waals surface area (Å²) in [4.78, 5) is 2.47. The first-order valence-corrected chi connectivity index (χ1v) is 4.99. The lowest BCUT2D eigenvalue weighted by Gasteiger charge is -2.32. The molecule has 2 rings (SSSR count). The van der Waals surface area contributed by atoms with E-state index < -0.39 is 0 Å². The highest BCUT2D eigenvalue weighted by molar-refractivity contribution is 4.95. The number of nitrogens with zero attached hydrogens (tertiary/aromatic N) is 2. The van der Waals surface area contributed by atoms with E-state index in [0.717, 1.165) is 12.2 Å². The van der Waals surface area contributed by atoms with Gasteiger partial charge in [-0.3, -0.25) is 4.90 Å². The van der Waals surface area contributed by atoms with Crippen molar-refractivity contribution in [3.63, 3.8) is 0 Å². The Kier molecular flexibility index (Phi) is 2.64. The maximum absolute atomic E-state index is 4.81. The van der Waals surface area contributed by atoms with E-state index in [4.69, 9.17) is 4.52 Å². The van der Waals surface area contributed by atoms with Crippen molar-refractivity contribution in [1.82, 2.24) is 10.1 Å². The van der Waals surface area contributed by atoms with Crippen molar-refractivity contribution in [3.8, 4) is 0 Å². The average Bonchev–Trinajstić information content (AvgIpc) is 2.61. The van der Waals surface area contributed by atoms with Crippen LogP contribution in [-0.4, -0.2) is 22.6 Å². The van der Waals surface area contributed by atoms with Crippen LogP contribution >= 0.6 is 0 Å². The second kappa shape index (κ2) is 3.92. The van der Waals surface area contributed by atoms with Crippen LogP contribution in [0.4, 0.5) is 0 Å². The molecule has 1 aromatic heterocycles. The normalized spacial score (nSPS) is 24.8. The van der Waals surface area contributed by atoms with Crippen LogP contribution in [0.3, 0.4) is 0 Å². The quantitative estimate of drug-likeness (QED) is 0.697. The van der Waals surface area contributed by atoms with Gasteiger partial charge in [-0.15, -0.1) is 0 Å². The molecule has 0 radical (unpaired) electrons. The molecule has 1 unspecified atom stereocenters. The van der Waals surface area contributed by atoms with Gasteiger partial charge in [0.15, 0.2) is 0 Å². The fourth-order valence-electron chi connectivity index (χ4n) is 1.92. The molecule has 0 saturated carbocycles. The Labute approximate surface area is 78.7 Å². The summed E-state index contributed by atoms with van der Waals surface area (Å²) in [7, 11) is 0. The van der Waals surface area contributed by atoms with Crippen molar-refractivity contribution in [1.29, 1.82) is 0 Å². The van der Waals surface area contributed by atoms with E-state index in [1.807, 2.05) is 6.07 Å². The van der Waals surface area contributed by atoms with Crippen molar-refractivity contribution < 1.29 is 4.52 Å². The molecule has 2 heterocycles. The Hall–Kier alpha value is -0.830. The summed E-state index contributed by atoms with van der Waals surface area (Å²) in [6, 6.07) is 2.65. The first-order valence-electron chi connectivity index (χ1n) is 4.99. The molecule has 0 bridgehead atoms. The molecule has 1 aromatic rings. The molecule has 0 aliphatic carbocycles. The number of rotatable bonds is 2. The summed E-state index contributed by atoms with van der Waals surface area (Å²) in [5.41, 5.74) is 1.05. The van der Waals surface area contributed by atoms with Crippen molar-refractivity contribution in [3.05, 3.63) is 18.0 Å². The number of hydrogen-bond donors (Lipinski definition) is 0. The summed E-state index contributed by atoms with van der Waals surface area (Å²) in [5.74, 6) is 0. The topological polar surface area (TPSA) is 29.3 Å². The lowest BCUT2D eigenvalue weighted by Crippen LogP contribution is -2.36. The third-order valence-electron chi connectivity index (χ3n) is 2.80. The Morgan fingerprint density at radius 3 is 3.23 bits per heavy atom. The van der Waals surface area contributed by atoms with Crippen LogP contribution in [0.15, 0.2) is 16.9 Å². The summed E-state index contributed by atoms with van der Waals surface area (Å²) >= 11 is 0. The maximum Gasteiger partial charge on any atom is 0.124 e. The Morgan fingerprint density at radius 1 is 1.62 bits per heavy atom. The molecule has 3 nitrogen and oxygen atoms in total. The molecule has 0 N–H and O–H groups in total. The molecule has 0 aromatic carbocycles. The highest BCUT2D eigenvalue weighted by atomic mass is 16.5. The van der Waals surface area contributed by atoms with Gasteiger partial charge in [0, 0.05) is 18.7 Å². The standard InChI is InChI=1S/C10H16N2O/c1-9-4-2-3-6-12(9)8-10-5-7-13-11-10/h5,7,9H,2-4,6,8H2,1H3. The van der Waals surface area contributed by atoms with E-state index in [1.54, 1.807) is 6.26 Å². The molecule has 1 saturated heterocycles. The molecule has 13 heavy (non-hydrogen) atoms. The maximum atomic E-state index is 4.81. The minimum absolute atomic E-state index is 0.699. The zero-order valence-corrected chi connectivity index (χ0v) is 8.07. The summed E-state index contributed by atoms with van der Waals surface area (Å²) in [6.45, 7) is 4.44. The van der Waals surface area contributed by atoms with Crippen LogP contribution in [0.2, 0.25) is 0 Å². The first kappa shape index (κ1) is 8.75. The molecule has 1 aliphatic heterocycles. The van der Waals surface area contributed by atoms with Gasteiger partial charge in [0.25, 0.3) is 0 Å². The first-order chi connectivity index (χ1) is 6.36. The van der Waals surface area contributed by atoms with E-state index in [-0.39, 0.29) is 0 Å². The molecule has 0 spiro atoms. The number of piperidine rings is 1. The van der Waals surface area contributed by atoms with E-state index in [0.29, 0.717) is 6.04 Å². The van der Waals surface area contributed by atoms with Crippen LogP contribution in [0, 0.1) is 0 Å². The fourth-order valence-corrected chi connectivity index (χ4v) is 1.92. The fraction of sp³-hybridized carbons (Fsp3) is 0.700. The summed E-state index contributed by atoms with van der Waals surface area (Å²) in [6.07, 6.45) is 5.65. The average molecular weight is 180 g/mol. The zero-order chi connectivity index (χ0) is 9.10. The van der Waals surface area contributed by atoms with E-state index >= 15 is 0 Å². The van der Waals surface area contributed by atoms with Crippen LogP contribution in [-0.2, 0) is 6.54 Å². The largest absolute Gasteiger partial charge is 0.364 e. The van der Waals surface area contributed by atoms with Crippen molar-refractivity contribution >= 4 is 0 Å². The van der Waals surface area contributed by atoms with Gasteiger partial charge in [-0.2, -0.15) is 0 Å². The van der Waals surface area contributed by atoms with Crippen molar-refractivity contribution in [2.24, 2.45) is 0 Å². The Bertz CT molecular complexity index is 245. The lowest BCUT2D eigenvalue weighted by atomic mass is 10.0. The number of likely N-dealkylation sites (tertiary alicyclic amines) is 1. The van der Waals surface area contributed by atoms with E-state index in [1.165, 1.54) is 25.8 Å².